The molecule has 0 aliphatic heterocycles. The number of para-hydroxylation sites is 1. The fraction of sp³-hybridized carbons (Fsp3) is 0. The third-order valence-electron chi connectivity index (χ3n) is 2.86. The van der Waals surface area contributed by atoms with E-state index in [1.807, 2.05) is 30.3 Å². The zero-order chi connectivity index (χ0) is 12.5. The fourth-order valence-electron chi connectivity index (χ4n) is 1.97. The molecule has 0 fully saturated rings. The number of aromatic nitrogens is 1. The molecule has 1 aromatic heterocycles. The SMILES string of the molecule is Oc1cc(F)ccc1-c1cnc2ccccc2c1. The van der Waals surface area contributed by atoms with Gasteiger partial charge in [-0.15, -0.1) is 0 Å². The van der Waals surface area contributed by atoms with Gasteiger partial charge in [-0.2, -0.15) is 0 Å². The lowest BCUT2D eigenvalue weighted by molar-refractivity contribution is 0.471. The van der Waals surface area contributed by atoms with Crippen LogP contribution in [0, 0.1) is 5.82 Å². The maximum absolute atomic E-state index is 12.9. The fourth-order valence-corrected chi connectivity index (χ4v) is 1.97. The van der Waals surface area contributed by atoms with E-state index in [9.17, 15) is 9.50 Å². The van der Waals surface area contributed by atoms with E-state index in [0.29, 0.717) is 5.56 Å². The monoisotopic (exact) mass is 239 g/mol. The summed E-state index contributed by atoms with van der Waals surface area (Å²) >= 11 is 0. The number of hydrogen-bond acceptors (Lipinski definition) is 2. The van der Waals surface area contributed by atoms with Crippen LogP contribution < -0.4 is 0 Å². The smallest absolute Gasteiger partial charge is 0.126 e. The van der Waals surface area contributed by atoms with Gasteiger partial charge in [-0.1, -0.05) is 18.2 Å². The Morgan fingerprint density at radius 3 is 2.67 bits per heavy atom. The standard InChI is InChI=1S/C15H10FNO/c16-12-5-6-13(15(18)8-12)11-7-10-3-1-2-4-14(10)17-9-11/h1-9,18H. The second kappa shape index (κ2) is 4.11. The van der Waals surface area contributed by atoms with Crippen LogP contribution in [0.3, 0.4) is 0 Å². The molecule has 0 aliphatic rings. The minimum atomic E-state index is -0.454. The zero-order valence-corrected chi connectivity index (χ0v) is 9.47. The third kappa shape index (κ3) is 1.80. The van der Waals surface area contributed by atoms with E-state index >= 15 is 0 Å². The van der Waals surface area contributed by atoms with Crippen molar-refractivity contribution in [3.05, 3.63) is 60.5 Å². The number of pyridine rings is 1. The number of benzene rings is 2. The lowest BCUT2D eigenvalue weighted by Gasteiger charge is -2.05. The summed E-state index contributed by atoms with van der Waals surface area (Å²) in [6.07, 6.45) is 1.68. The Kier molecular flexibility index (Phi) is 2.45. The normalized spacial score (nSPS) is 10.7. The van der Waals surface area contributed by atoms with Gasteiger partial charge in [0.2, 0.25) is 0 Å². The zero-order valence-electron chi connectivity index (χ0n) is 9.47. The van der Waals surface area contributed by atoms with Gasteiger partial charge in [-0.3, -0.25) is 4.98 Å². The molecule has 0 bridgehead atoms. The van der Waals surface area contributed by atoms with Crippen LogP contribution in [0.1, 0.15) is 0 Å². The van der Waals surface area contributed by atoms with Crippen LogP contribution in [-0.4, -0.2) is 10.1 Å². The second-order valence-corrected chi connectivity index (χ2v) is 4.08. The molecule has 0 spiro atoms. The van der Waals surface area contributed by atoms with Gasteiger partial charge in [-0.05, 0) is 24.3 Å². The van der Waals surface area contributed by atoms with Crippen LogP contribution in [-0.2, 0) is 0 Å². The molecule has 0 radical (unpaired) electrons. The number of rotatable bonds is 1. The summed E-state index contributed by atoms with van der Waals surface area (Å²) in [4.78, 5) is 4.32. The van der Waals surface area contributed by atoms with Crippen molar-refractivity contribution in [2.75, 3.05) is 0 Å². The van der Waals surface area contributed by atoms with Crippen molar-refractivity contribution in [1.82, 2.24) is 4.98 Å². The Balaban J connectivity index is 2.19. The van der Waals surface area contributed by atoms with Gasteiger partial charge in [0, 0.05) is 28.8 Å². The predicted molar refractivity (Wildman–Crippen MR) is 68.8 cm³/mol. The van der Waals surface area contributed by atoms with Crippen LogP contribution in [0.15, 0.2) is 54.7 Å². The number of phenols is 1. The van der Waals surface area contributed by atoms with E-state index in [2.05, 4.69) is 4.98 Å². The largest absolute Gasteiger partial charge is 0.507 e. The van der Waals surface area contributed by atoms with E-state index in [1.54, 1.807) is 12.3 Å². The minimum Gasteiger partial charge on any atom is -0.507 e. The molecule has 0 saturated carbocycles. The van der Waals surface area contributed by atoms with Crippen molar-refractivity contribution >= 4 is 10.9 Å². The van der Waals surface area contributed by atoms with Gasteiger partial charge >= 0.3 is 0 Å². The molecule has 3 rings (SSSR count). The summed E-state index contributed by atoms with van der Waals surface area (Å²) in [5.41, 5.74) is 2.24. The Hall–Kier alpha value is -2.42. The predicted octanol–water partition coefficient (Wildman–Crippen LogP) is 3.75. The second-order valence-electron chi connectivity index (χ2n) is 4.08. The number of fused-ring (bicyclic) bond motifs is 1. The molecule has 3 heteroatoms. The summed E-state index contributed by atoms with van der Waals surface area (Å²) < 4.78 is 12.9. The highest BCUT2D eigenvalue weighted by Gasteiger charge is 2.06. The maximum Gasteiger partial charge on any atom is 0.126 e. The number of aromatic hydroxyl groups is 1. The number of phenolic OH excluding ortho intramolecular Hbond substituents is 1. The van der Waals surface area contributed by atoms with E-state index in [0.717, 1.165) is 22.5 Å². The third-order valence-corrected chi connectivity index (χ3v) is 2.86. The summed E-state index contributed by atoms with van der Waals surface area (Å²) in [6, 6.07) is 13.6. The van der Waals surface area contributed by atoms with Gasteiger partial charge in [0.25, 0.3) is 0 Å². The molecule has 2 nitrogen and oxygen atoms in total. The van der Waals surface area contributed by atoms with Crippen molar-refractivity contribution in [2.24, 2.45) is 0 Å². The Labute approximate surface area is 103 Å². The van der Waals surface area contributed by atoms with Crippen LogP contribution in [0.4, 0.5) is 4.39 Å². The Morgan fingerprint density at radius 1 is 1.00 bits per heavy atom. The molecule has 2 aromatic carbocycles. The highest BCUT2D eigenvalue weighted by molar-refractivity contribution is 5.84. The minimum absolute atomic E-state index is 0.0768. The average molecular weight is 239 g/mol. The molecule has 3 aromatic rings. The first-order chi connectivity index (χ1) is 8.74. The molecule has 18 heavy (non-hydrogen) atoms. The van der Waals surface area contributed by atoms with E-state index < -0.39 is 5.82 Å². The van der Waals surface area contributed by atoms with Crippen LogP contribution in [0.25, 0.3) is 22.0 Å². The van der Waals surface area contributed by atoms with E-state index in [4.69, 9.17) is 0 Å². The Morgan fingerprint density at radius 2 is 1.83 bits per heavy atom. The topological polar surface area (TPSA) is 33.1 Å². The van der Waals surface area contributed by atoms with Gasteiger partial charge in [0.1, 0.15) is 11.6 Å². The first-order valence-corrected chi connectivity index (χ1v) is 5.58. The van der Waals surface area contributed by atoms with E-state index in [1.165, 1.54) is 6.07 Å². The molecular weight excluding hydrogens is 229 g/mol. The van der Waals surface area contributed by atoms with Crippen molar-refractivity contribution in [3.8, 4) is 16.9 Å². The average Bonchev–Trinajstić information content (AvgIpc) is 2.38. The highest BCUT2D eigenvalue weighted by atomic mass is 19.1. The number of nitrogens with zero attached hydrogens (tertiary/aromatic N) is 1. The van der Waals surface area contributed by atoms with Gasteiger partial charge < -0.3 is 5.11 Å². The quantitative estimate of drug-likeness (QED) is 0.701. The van der Waals surface area contributed by atoms with E-state index in [-0.39, 0.29) is 5.75 Å². The summed E-state index contributed by atoms with van der Waals surface area (Å²) in [5.74, 6) is -0.530. The van der Waals surface area contributed by atoms with Crippen LogP contribution in [0.2, 0.25) is 0 Å². The van der Waals surface area contributed by atoms with Crippen LogP contribution >= 0.6 is 0 Å². The van der Waals surface area contributed by atoms with Gasteiger partial charge in [0.15, 0.2) is 0 Å². The van der Waals surface area contributed by atoms with Gasteiger partial charge in [-0.25, -0.2) is 4.39 Å². The molecule has 0 aliphatic carbocycles. The van der Waals surface area contributed by atoms with Crippen molar-refractivity contribution in [2.45, 2.75) is 0 Å². The summed E-state index contributed by atoms with van der Waals surface area (Å²) in [5, 5.41) is 10.7. The Bertz CT molecular complexity index is 725. The molecular formula is C15H10FNO. The molecule has 0 saturated heterocycles. The van der Waals surface area contributed by atoms with Crippen molar-refractivity contribution in [3.63, 3.8) is 0 Å². The number of halogens is 1. The molecule has 88 valence electrons. The van der Waals surface area contributed by atoms with Gasteiger partial charge in [0.05, 0.1) is 5.52 Å². The van der Waals surface area contributed by atoms with Crippen LogP contribution in [0.5, 0.6) is 5.75 Å². The van der Waals surface area contributed by atoms with Crippen molar-refractivity contribution < 1.29 is 9.50 Å². The first kappa shape index (κ1) is 10.7. The summed E-state index contributed by atoms with van der Waals surface area (Å²) in [6.45, 7) is 0. The molecule has 1 heterocycles. The molecule has 0 atom stereocenters. The lowest BCUT2D eigenvalue weighted by Crippen LogP contribution is -1.84. The maximum atomic E-state index is 12.9. The number of hydrogen-bond donors (Lipinski definition) is 1. The highest BCUT2D eigenvalue weighted by Crippen LogP contribution is 2.30. The van der Waals surface area contributed by atoms with Crippen molar-refractivity contribution in [1.29, 1.82) is 0 Å². The molecule has 1 N–H and O–H groups in total. The summed E-state index contributed by atoms with van der Waals surface area (Å²) in [7, 11) is 0. The molecule has 0 amide bonds. The molecule has 0 unspecified atom stereocenters. The first-order valence-electron chi connectivity index (χ1n) is 5.58. The lowest BCUT2D eigenvalue weighted by atomic mass is 10.0.